The molecular weight excluding hydrogens is 124 g/mol. The first kappa shape index (κ1) is 5.47. The number of aromatic nitrogens is 2. The van der Waals surface area contributed by atoms with Crippen LogP contribution in [-0.2, 0) is 0 Å². The van der Waals surface area contributed by atoms with Gasteiger partial charge in [0.15, 0.2) is 0 Å². The maximum atomic E-state index is 4.13. The summed E-state index contributed by atoms with van der Waals surface area (Å²) in [6.45, 7) is 2.06. The van der Waals surface area contributed by atoms with Crippen molar-refractivity contribution in [3.8, 4) is 0 Å². The van der Waals surface area contributed by atoms with Gasteiger partial charge in [-0.1, -0.05) is 6.07 Å². The van der Waals surface area contributed by atoms with E-state index in [9.17, 15) is 0 Å². The van der Waals surface area contributed by atoms with E-state index in [4.69, 9.17) is 0 Å². The van der Waals surface area contributed by atoms with Gasteiger partial charge in [-0.15, -0.1) is 0 Å². The first-order valence-electron chi connectivity index (χ1n) is 3.27. The average molecular weight is 132 g/mol. The fourth-order valence-electron chi connectivity index (χ4n) is 1.06. The van der Waals surface area contributed by atoms with E-state index >= 15 is 0 Å². The summed E-state index contributed by atoms with van der Waals surface area (Å²) in [4.78, 5) is 0. The van der Waals surface area contributed by atoms with Crippen LogP contribution >= 0.6 is 0 Å². The summed E-state index contributed by atoms with van der Waals surface area (Å²) in [6, 6.07) is 6.05. The lowest BCUT2D eigenvalue weighted by atomic mass is 10.3. The van der Waals surface area contributed by atoms with Gasteiger partial charge in [0.25, 0.3) is 0 Å². The number of hydrogen-bond acceptors (Lipinski definition) is 1. The smallest absolute Gasteiger partial charge is 0.0690 e. The highest BCUT2D eigenvalue weighted by molar-refractivity contribution is 5.52. The van der Waals surface area contributed by atoms with E-state index in [1.165, 1.54) is 11.1 Å². The van der Waals surface area contributed by atoms with Crippen LogP contribution in [0.25, 0.3) is 5.52 Å². The summed E-state index contributed by atoms with van der Waals surface area (Å²) in [5, 5.41) is 4.13. The van der Waals surface area contributed by atoms with Crippen LogP contribution in [0.4, 0.5) is 0 Å². The van der Waals surface area contributed by atoms with E-state index in [2.05, 4.69) is 18.1 Å². The third kappa shape index (κ3) is 0.620. The number of nitrogens with zero attached hydrogens (tertiary/aromatic N) is 2. The zero-order valence-electron chi connectivity index (χ0n) is 5.78. The lowest BCUT2D eigenvalue weighted by molar-refractivity contribution is 0.961. The van der Waals surface area contributed by atoms with Crippen LogP contribution in [0.15, 0.2) is 30.6 Å². The Labute approximate surface area is 59.1 Å². The van der Waals surface area contributed by atoms with Crippen LogP contribution in [-0.4, -0.2) is 9.61 Å². The molecule has 2 heterocycles. The molecule has 2 heteroatoms. The van der Waals surface area contributed by atoms with E-state index in [1.54, 1.807) is 0 Å². The van der Waals surface area contributed by atoms with Gasteiger partial charge in [0.1, 0.15) is 0 Å². The highest BCUT2D eigenvalue weighted by Gasteiger charge is 1.94. The van der Waals surface area contributed by atoms with Crippen LogP contribution in [0.2, 0.25) is 0 Å². The number of hydrogen-bond donors (Lipinski definition) is 0. The van der Waals surface area contributed by atoms with Crippen LogP contribution in [0, 0.1) is 6.92 Å². The number of rotatable bonds is 0. The Morgan fingerprint density at radius 2 is 2.30 bits per heavy atom. The Hall–Kier alpha value is -1.31. The Morgan fingerprint density at radius 3 is 3.10 bits per heavy atom. The van der Waals surface area contributed by atoms with Crippen LogP contribution in [0.5, 0.6) is 0 Å². The van der Waals surface area contributed by atoms with Crippen molar-refractivity contribution in [3.63, 3.8) is 0 Å². The second kappa shape index (κ2) is 1.84. The molecule has 0 unspecified atom stereocenters. The number of fused-ring (bicyclic) bond motifs is 1. The minimum absolute atomic E-state index is 1.18. The van der Waals surface area contributed by atoms with Gasteiger partial charge in [0.05, 0.1) is 11.7 Å². The SMILES string of the molecule is Cc1cnn2ccccc12. The zero-order valence-corrected chi connectivity index (χ0v) is 5.78. The van der Waals surface area contributed by atoms with Crippen molar-refractivity contribution in [2.24, 2.45) is 0 Å². The first-order chi connectivity index (χ1) is 4.88. The lowest BCUT2D eigenvalue weighted by Gasteiger charge is -1.89. The van der Waals surface area contributed by atoms with Crippen molar-refractivity contribution in [1.82, 2.24) is 9.61 Å². The summed E-state index contributed by atoms with van der Waals surface area (Å²) >= 11 is 0. The average Bonchev–Trinajstić information content (AvgIpc) is 2.34. The van der Waals surface area contributed by atoms with Crippen LogP contribution < -0.4 is 0 Å². The Morgan fingerprint density at radius 1 is 1.40 bits per heavy atom. The van der Waals surface area contributed by atoms with Gasteiger partial charge < -0.3 is 0 Å². The molecule has 0 bridgehead atoms. The predicted octanol–water partition coefficient (Wildman–Crippen LogP) is 1.64. The van der Waals surface area contributed by atoms with Gasteiger partial charge in [-0.2, -0.15) is 5.10 Å². The van der Waals surface area contributed by atoms with Crippen molar-refractivity contribution in [1.29, 1.82) is 0 Å². The number of aryl methyl sites for hydroxylation is 1. The molecule has 0 aromatic carbocycles. The Bertz CT molecular complexity index is 349. The molecular formula is C8H8N2. The summed E-state index contributed by atoms with van der Waals surface area (Å²) in [5.41, 5.74) is 2.41. The molecule has 10 heavy (non-hydrogen) atoms. The third-order valence-corrected chi connectivity index (χ3v) is 1.62. The standard InChI is InChI=1S/C8H8N2/c1-7-6-9-10-5-3-2-4-8(7)10/h2-6H,1H3. The molecule has 0 aliphatic carbocycles. The summed E-state index contributed by atoms with van der Waals surface area (Å²) in [7, 11) is 0. The van der Waals surface area contributed by atoms with E-state index in [0.717, 1.165) is 0 Å². The maximum absolute atomic E-state index is 4.13. The van der Waals surface area contributed by atoms with Gasteiger partial charge in [-0.3, -0.25) is 0 Å². The van der Waals surface area contributed by atoms with Crippen LogP contribution in [0.1, 0.15) is 5.56 Å². The first-order valence-corrected chi connectivity index (χ1v) is 3.27. The molecule has 2 rings (SSSR count). The molecule has 0 N–H and O–H groups in total. The predicted molar refractivity (Wildman–Crippen MR) is 39.9 cm³/mol. The summed E-state index contributed by atoms with van der Waals surface area (Å²) in [6.07, 6.45) is 3.82. The quantitative estimate of drug-likeness (QED) is 0.532. The molecule has 2 aromatic rings. The fourth-order valence-corrected chi connectivity index (χ4v) is 1.06. The molecule has 0 atom stereocenters. The molecule has 0 saturated carbocycles. The Kier molecular flexibility index (Phi) is 1.01. The van der Waals surface area contributed by atoms with Crippen molar-refractivity contribution in [2.75, 3.05) is 0 Å². The molecule has 0 radical (unpaired) electrons. The minimum Gasteiger partial charge on any atom is -0.241 e. The van der Waals surface area contributed by atoms with Gasteiger partial charge in [-0.05, 0) is 24.6 Å². The highest BCUT2D eigenvalue weighted by Crippen LogP contribution is 2.06. The van der Waals surface area contributed by atoms with Crippen molar-refractivity contribution in [2.45, 2.75) is 6.92 Å². The molecule has 0 aliphatic rings. The van der Waals surface area contributed by atoms with Crippen molar-refractivity contribution < 1.29 is 0 Å². The number of pyridine rings is 1. The minimum atomic E-state index is 1.18. The van der Waals surface area contributed by atoms with Gasteiger partial charge in [-0.25, -0.2) is 4.52 Å². The molecule has 0 saturated heterocycles. The van der Waals surface area contributed by atoms with Crippen molar-refractivity contribution >= 4 is 5.52 Å². The van der Waals surface area contributed by atoms with E-state index in [1.807, 2.05) is 29.0 Å². The van der Waals surface area contributed by atoms with Gasteiger partial charge in [0, 0.05) is 6.20 Å². The van der Waals surface area contributed by atoms with Gasteiger partial charge in [0.2, 0.25) is 0 Å². The topological polar surface area (TPSA) is 17.3 Å². The maximum Gasteiger partial charge on any atom is 0.0690 e. The molecule has 2 aromatic heterocycles. The van der Waals surface area contributed by atoms with Gasteiger partial charge >= 0.3 is 0 Å². The van der Waals surface area contributed by atoms with Crippen LogP contribution in [0.3, 0.4) is 0 Å². The second-order valence-electron chi connectivity index (χ2n) is 2.36. The van der Waals surface area contributed by atoms with Crippen molar-refractivity contribution in [3.05, 3.63) is 36.2 Å². The monoisotopic (exact) mass is 132 g/mol. The van der Waals surface area contributed by atoms with E-state index < -0.39 is 0 Å². The molecule has 50 valence electrons. The largest absolute Gasteiger partial charge is 0.241 e. The zero-order chi connectivity index (χ0) is 6.97. The third-order valence-electron chi connectivity index (χ3n) is 1.62. The van der Waals surface area contributed by atoms with E-state index in [-0.39, 0.29) is 0 Å². The Balaban J connectivity index is 2.93. The molecule has 2 nitrogen and oxygen atoms in total. The highest BCUT2D eigenvalue weighted by atomic mass is 15.2. The summed E-state index contributed by atoms with van der Waals surface area (Å²) in [5.74, 6) is 0. The molecule has 0 spiro atoms. The van der Waals surface area contributed by atoms with E-state index in [0.29, 0.717) is 0 Å². The molecule has 0 fully saturated rings. The lowest BCUT2D eigenvalue weighted by Crippen LogP contribution is -1.82. The molecule has 0 aliphatic heterocycles. The second-order valence-corrected chi connectivity index (χ2v) is 2.36. The normalized spacial score (nSPS) is 10.5. The fraction of sp³-hybridized carbons (Fsp3) is 0.125. The summed E-state index contributed by atoms with van der Waals surface area (Å²) < 4.78 is 1.87. The molecule has 0 amide bonds.